The smallest absolute Gasteiger partial charge is 0.252 e. The summed E-state index contributed by atoms with van der Waals surface area (Å²) in [4.78, 5) is 11.5. The zero-order chi connectivity index (χ0) is 12.1. The molecular weight excluding hydrogens is 317 g/mol. The summed E-state index contributed by atoms with van der Waals surface area (Å²) < 4.78 is 25.9. The molecule has 0 aliphatic carbocycles. The second-order valence-electron chi connectivity index (χ2n) is 3.11. The van der Waals surface area contributed by atoms with Crippen LogP contribution >= 0.6 is 28.3 Å². The molecule has 7 heteroatoms. The summed E-state index contributed by atoms with van der Waals surface area (Å²) in [6.45, 7) is 1.02. The van der Waals surface area contributed by atoms with E-state index in [1.54, 1.807) is 7.05 Å². The fraction of sp³-hybridized carbons (Fsp3) is 0.300. The van der Waals surface area contributed by atoms with Gasteiger partial charge in [0, 0.05) is 17.6 Å². The van der Waals surface area contributed by atoms with Crippen LogP contribution in [0.3, 0.4) is 0 Å². The van der Waals surface area contributed by atoms with Crippen molar-refractivity contribution < 1.29 is 13.6 Å². The van der Waals surface area contributed by atoms with Gasteiger partial charge in [-0.1, -0.05) is 0 Å². The van der Waals surface area contributed by atoms with Crippen LogP contribution < -0.4 is 10.6 Å². The molecule has 3 nitrogen and oxygen atoms in total. The van der Waals surface area contributed by atoms with Gasteiger partial charge in [-0.15, -0.1) is 12.4 Å². The number of hydrogen-bond acceptors (Lipinski definition) is 2. The van der Waals surface area contributed by atoms with E-state index in [1.807, 2.05) is 0 Å². The summed E-state index contributed by atoms with van der Waals surface area (Å²) in [6.07, 6.45) is 0. The third kappa shape index (κ3) is 4.57. The van der Waals surface area contributed by atoms with Crippen LogP contribution in [0.15, 0.2) is 16.6 Å². The third-order valence-corrected chi connectivity index (χ3v) is 2.57. The molecule has 0 aromatic heterocycles. The number of likely N-dealkylation sites (N-methyl/N-ethyl adjacent to an activating group) is 1. The van der Waals surface area contributed by atoms with E-state index >= 15 is 0 Å². The first-order chi connectivity index (χ1) is 7.56. The van der Waals surface area contributed by atoms with Gasteiger partial charge in [0.2, 0.25) is 0 Å². The van der Waals surface area contributed by atoms with E-state index in [0.717, 1.165) is 12.1 Å². The number of hydrogen-bond donors (Lipinski definition) is 2. The van der Waals surface area contributed by atoms with E-state index in [0.29, 0.717) is 13.1 Å². The lowest BCUT2D eigenvalue weighted by atomic mass is 10.2. The summed E-state index contributed by atoms with van der Waals surface area (Å²) in [7, 11) is 1.75. The van der Waals surface area contributed by atoms with Gasteiger partial charge >= 0.3 is 0 Å². The van der Waals surface area contributed by atoms with Crippen LogP contribution in [0.25, 0.3) is 0 Å². The Morgan fingerprint density at radius 2 is 1.88 bits per heavy atom. The Kier molecular flexibility index (Phi) is 7.26. The van der Waals surface area contributed by atoms with Gasteiger partial charge in [0.05, 0.1) is 5.56 Å². The number of benzene rings is 1. The third-order valence-electron chi connectivity index (χ3n) is 1.92. The Hall–Kier alpha value is -0.720. The van der Waals surface area contributed by atoms with E-state index in [9.17, 15) is 13.6 Å². The highest BCUT2D eigenvalue weighted by molar-refractivity contribution is 9.10. The van der Waals surface area contributed by atoms with Crippen molar-refractivity contribution in [1.82, 2.24) is 10.6 Å². The molecule has 1 amide bonds. The van der Waals surface area contributed by atoms with Crippen molar-refractivity contribution >= 4 is 34.2 Å². The van der Waals surface area contributed by atoms with Gasteiger partial charge in [-0.3, -0.25) is 4.79 Å². The minimum absolute atomic E-state index is 0. The Balaban J connectivity index is 0.00000256. The standard InChI is InChI=1S/C10H11BrF2N2O.ClH/c1-14-2-3-15-10(16)6-4-8(12)9(13)5-7(6)11;/h4-5,14H,2-3H2,1H3,(H,15,16);1H. The first-order valence-corrected chi connectivity index (χ1v) is 5.43. The quantitative estimate of drug-likeness (QED) is 0.656. The van der Waals surface area contributed by atoms with Crippen molar-refractivity contribution in [2.75, 3.05) is 20.1 Å². The lowest BCUT2D eigenvalue weighted by Crippen LogP contribution is -2.30. The maximum Gasteiger partial charge on any atom is 0.252 e. The highest BCUT2D eigenvalue weighted by Crippen LogP contribution is 2.20. The Morgan fingerprint density at radius 3 is 2.47 bits per heavy atom. The zero-order valence-corrected chi connectivity index (χ0v) is 11.4. The maximum absolute atomic E-state index is 12.9. The predicted molar refractivity (Wildman–Crippen MR) is 67.6 cm³/mol. The summed E-state index contributed by atoms with van der Waals surface area (Å²) in [5, 5.41) is 5.42. The number of amides is 1. The van der Waals surface area contributed by atoms with Crippen molar-refractivity contribution in [3.63, 3.8) is 0 Å². The minimum Gasteiger partial charge on any atom is -0.351 e. The normalized spacial score (nSPS) is 9.65. The molecule has 1 rings (SSSR count). The first kappa shape index (κ1) is 16.3. The van der Waals surface area contributed by atoms with Crippen LogP contribution in [-0.2, 0) is 0 Å². The number of rotatable bonds is 4. The summed E-state index contributed by atoms with van der Waals surface area (Å²) in [5.41, 5.74) is 0.0787. The molecule has 0 unspecified atom stereocenters. The average molecular weight is 330 g/mol. The molecule has 0 aliphatic rings. The second-order valence-corrected chi connectivity index (χ2v) is 3.96. The topological polar surface area (TPSA) is 41.1 Å². The summed E-state index contributed by atoms with van der Waals surface area (Å²) in [6, 6.07) is 1.80. The van der Waals surface area contributed by atoms with Crippen LogP contribution in [0.2, 0.25) is 0 Å². The summed E-state index contributed by atoms with van der Waals surface area (Å²) >= 11 is 3.01. The number of carbonyl (C=O) groups is 1. The molecule has 0 saturated heterocycles. The van der Waals surface area contributed by atoms with Crippen molar-refractivity contribution in [3.05, 3.63) is 33.8 Å². The molecule has 0 fully saturated rings. The molecule has 0 saturated carbocycles. The van der Waals surface area contributed by atoms with E-state index in [-0.39, 0.29) is 22.4 Å². The Morgan fingerprint density at radius 1 is 1.29 bits per heavy atom. The molecule has 2 N–H and O–H groups in total. The van der Waals surface area contributed by atoms with Crippen LogP contribution in [0.1, 0.15) is 10.4 Å². The maximum atomic E-state index is 12.9. The van der Waals surface area contributed by atoms with Gasteiger partial charge in [0.1, 0.15) is 0 Å². The molecule has 0 heterocycles. The molecule has 96 valence electrons. The average Bonchev–Trinajstić information content (AvgIpc) is 2.23. The lowest BCUT2D eigenvalue weighted by molar-refractivity contribution is 0.0953. The fourth-order valence-electron chi connectivity index (χ4n) is 1.09. The Bertz CT molecular complexity index is 404. The highest BCUT2D eigenvalue weighted by Gasteiger charge is 2.13. The van der Waals surface area contributed by atoms with E-state index in [4.69, 9.17) is 0 Å². The van der Waals surface area contributed by atoms with E-state index < -0.39 is 17.5 Å². The van der Waals surface area contributed by atoms with Crippen LogP contribution in [0, 0.1) is 11.6 Å². The zero-order valence-electron chi connectivity index (χ0n) is 9.02. The molecule has 0 radical (unpaired) electrons. The van der Waals surface area contributed by atoms with Gasteiger partial charge in [0.15, 0.2) is 11.6 Å². The van der Waals surface area contributed by atoms with Crippen molar-refractivity contribution in [3.8, 4) is 0 Å². The predicted octanol–water partition coefficient (Wildman–Crippen LogP) is 2.10. The summed E-state index contributed by atoms with van der Waals surface area (Å²) in [5.74, 6) is -2.47. The monoisotopic (exact) mass is 328 g/mol. The molecule has 17 heavy (non-hydrogen) atoms. The van der Waals surface area contributed by atoms with Crippen molar-refractivity contribution in [2.24, 2.45) is 0 Å². The molecule has 0 bridgehead atoms. The van der Waals surface area contributed by atoms with Crippen LogP contribution in [0.4, 0.5) is 8.78 Å². The molecule has 0 atom stereocenters. The minimum atomic E-state index is -1.04. The lowest BCUT2D eigenvalue weighted by Gasteiger charge is -2.07. The number of halogens is 4. The van der Waals surface area contributed by atoms with Gasteiger partial charge < -0.3 is 10.6 Å². The van der Waals surface area contributed by atoms with Crippen molar-refractivity contribution in [1.29, 1.82) is 0 Å². The largest absolute Gasteiger partial charge is 0.351 e. The van der Waals surface area contributed by atoms with Gasteiger partial charge in [-0.2, -0.15) is 0 Å². The van der Waals surface area contributed by atoms with Crippen LogP contribution in [-0.4, -0.2) is 26.0 Å². The van der Waals surface area contributed by atoms with Gasteiger partial charge in [-0.25, -0.2) is 8.78 Å². The first-order valence-electron chi connectivity index (χ1n) is 4.63. The highest BCUT2D eigenvalue weighted by atomic mass is 79.9. The van der Waals surface area contributed by atoms with Gasteiger partial charge in [0.25, 0.3) is 5.91 Å². The number of nitrogens with one attached hydrogen (secondary N) is 2. The second kappa shape index (κ2) is 7.58. The molecule has 0 spiro atoms. The SMILES string of the molecule is CNCCNC(=O)c1cc(F)c(F)cc1Br.Cl. The molecule has 1 aromatic carbocycles. The molecular formula is C10H12BrClF2N2O. The van der Waals surface area contributed by atoms with Gasteiger partial charge in [-0.05, 0) is 35.1 Å². The molecule has 0 aliphatic heterocycles. The van der Waals surface area contributed by atoms with E-state index in [1.165, 1.54) is 0 Å². The molecule has 1 aromatic rings. The van der Waals surface area contributed by atoms with Crippen molar-refractivity contribution in [2.45, 2.75) is 0 Å². The Labute approximate surface area is 113 Å². The van der Waals surface area contributed by atoms with Crippen LogP contribution in [0.5, 0.6) is 0 Å². The van der Waals surface area contributed by atoms with E-state index in [2.05, 4.69) is 26.6 Å². The number of carbonyl (C=O) groups excluding carboxylic acids is 1. The fourth-order valence-corrected chi connectivity index (χ4v) is 1.59.